The van der Waals surface area contributed by atoms with E-state index >= 15 is 0 Å². The summed E-state index contributed by atoms with van der Waals surface area (Å²) in [5, 5.41) is 15.3. The number of aliphatic hydroxyl groups excluding tert-OH is 1. The fourth-order valence-electron chi connectivity index (χ4n) is 6.17. The van der Waals surface area contributed by atoms with Crippen LogP contribution in [0.2, 0.25) is 0 Å². The van der Waals surface area contributed by atoms with Gasteiger partial charge in [-0.3, -0.25) is 9.59 Å². The molecule has 10 nitrogen and oxygen atoms in total. The van der Waals surface area contributed by atoms with Crippen molar-refractivity contribution in [1.29, 1.82) is 0 Å². The summed E-state index contributed by atoms with van der Waals surface area (Å²) in [5.74, 6) is 0.111. The predicted molar refractivity (Wildman–Crippen MR) is 214 cm³/mol. The summed E-state index contributed by atoms with van der Waals surface area (Å²) in [6.45, 7) is 3.50. The molecule has 0 aliphatic carbocycles. The second kappa shape index (κ2) is 18.7. The molecule has 1 saturated heterocycles. The lowest BCUT2D eigenvalue weighted by molar-refractivity contribution is -0.245. The quantitative estimate of drug-likeness (QED) is 0.0834. The maximum atomic E-state index is 13.6. The number of hydrogen-bond donors (Lipinski definition) is 4. The van der Waals surface area contributed by atoms with Crippen LogP contribution >= 0.6 is 11.8 Å². The molecule has 0 bridgehead atoms. The van der Waals surface area contributed by atoms with Crippen LogP contribution in [0.5, 0.6) is 0 Å². The van der Waals surface area contributed by atoms with Gasteiger partial charge in [0.2, 0.25) is 21.8 Å². The summed E-state index contributed by atoms with van der Waals surface area (Å²) in [7, 11) is -3.97. The molecule has 0 radical (unpaired) electrons. The lowest BCUT2D eigenvalue weighted by Gasteiger charge is -2.36. The third kappa shape index (κ3) is 11.4. The van der Waals surface area contributed by atoms with Crippen molar-refractivity contribution >= 4 is 39.3 Å². The number of nitrogens with one attached hydrogen (secondary N) is 3. The minimum atomic E-state index is -3.97. The Morgan fingerprint density at radius 1 is 0.800 bits per heavy atom. The molecule has 1 aliphatic heterocycles. The SMILES string of the molecule is CC(=O)Nc1ccc(SC[C@@H]2C[C@H](c3ccc(CO)cc3)OC(c3ccc(CNC(=O)[C@@H](Cc4ccccc4)NS(=O)(=O)c4ccc(C)cc4)cc3)O2)cc1. The van der Waals surface area contributed by atoms with E-state index in [0.717, 1.165) is 44.0 Å². The van der Waals surface area contributed by atoms with Gasteiger partial charge in [0.25, 0.3) is 0 Å². The summed E-state index contributed by atoms with van der Waals surface area (Å²) in [6.07, 6.45) is -0.236. The van der Waals surface area contributed by atoms with Gasteiger partial charge in [-0.2, -0.15) is 4.72 Å². The average molecular weight is 780 g/mol. The molecular weight excluding hydrogens is 735 g/mol. The van der Waals surface area contributed by atoms with Crippen molar-refractivity contribution in [2.24, 2.45) is 0 Å². The Morgan fingerprint density at radius 2 is 1.45 bits per heavy atom. The van der Waals surface area contributed by atoms with Gasteiger partial charge in [-0.1, -0.05) is 96.6 Å². The normalized spacial score (nSPS) is 17.6. The smallest absolute Gasteiger partial charge is 0.241 e. The van der Waals surface area contributed by atoms with E-state index < -0.39 is 28.3 Å². The number of ether oxygens (including phenoxy) is 2. The fraction of sp³-hybridized carbons (Fsp3) is 0.256. The lowest BCUT2D eigenvalue weighted by Crippen LogP contribution is -2.47. The second-order valence-corrected chi connectivity index (χ2v) is 16.3. The number of carbonyl (C=O) groups excluding carboxylic acids is 2. The summed E-state index contributed by atoms with van der Waals surface area (Å²) in [4.78, 5) is 26.1. The molecule has 0 aromatic heterocycles. The lowest BCUT2D eigenvalue weighted by atomic mass is 10.0. The van der Waals surface area contributed by atoms with Crippen LogP contribution in [0, 0.1) is 6.92 Å². The van der Waals surface area contributed by atoms with Crippen LogP contribution < -0.4 is 15.4 Å². The number of anilines is 1. The Labute approximate surface area is 326 Å². The van der Waals surface area contributed by atoms with E-state index in [1.54, 1.807) is 23.9 Å². The maximum Gasteiger partial charge on any atom is 0.241 e. The van der Waals surface area contributed by atoms with Gasteiger partial charge in [-0.15, -0.1) is 11.8 Å². The molecular formula is C43H45N3O7S2. The van der Waals surface area contributed by atoms with Crippen LogP contribution in [0.25, 0.3) is 0 Å². The molecule has 4 N–H and O–H groups in total. The van der Waals surface area contributed by atoms with Crippen LogP contribution in [-0.4, -0.2) is 43.2 Å². The number of rotatable bonds is 15. The fourth-order valence-corrected chi connectivity index (χ4v) is 8.28. The second-order valence-electron chi connectivity index (χ2n) is 13.5. The van der Waals surface area contributed by atoms with E-state index in [2.05, 4.69) is 15.4 Å². The first kappa shape index (κ1) is 39.9. The van der Waals surface area contributed by atoms with E-state index in [4.69, 9.17) is 9.47 Å². The van der Waals surface area contributed by atoms with Crippen molar-refractivity contribution < 1.29 is 32.6 Å². The first-order valence-electron chi connectivity index (χ1n) is 18.0. The molecule has 1 aliphatic rings. The van der Waals surface area contributed by atoms with Gasteiger partial charge in [-0.25, -0.2) is 8.42 Å². The first-order valence-corrected chi connectivity index (χ1v) is 20.5. The highest BCUT2D eigenvalue weighted by atomic mass is 32.2. The van der Waals surface area contributed by atoms with E-state index in [0.29, 0.717) is 12.2 Å². The van der Waals surface area contributed by atoms with E-state index in [1.165, 1.54) is 19.1 Å². The number of benzene rings is 5. The number of aryl methyl sites for hydroxylation is 1. The third-order valence-corrected chi connectivity index (χ3v) is 11.8. The van der Waals surface area contributed by atoms with Gasteiger partial charge in [0.15, 0.2) is 6.29 Å². The molecule has 6 rings (SSSR count). The Balaban J connectivity index is 1.13. The number of sulfonamides is 1. The Morgan fingerprint density at radius 3 is 2.11 bits per heavy atom. The standard InChI is InChI=1S/C43H45N3O7S2/c1-29-8-22-39(23-9-29)55(50,51)46-40(24-31-6-4-3-5-7-31)42(49)44-26-32-10-16-35(17-11-32)43-52-37(25-41(53-43)34-14-12-33(27-47)13-15-34)28-54-38-20-18-36(19-21-38)45-30(2)48/h3-23,37,40-41,43,46-47H,24-28H2,1-2H3,(H,44,49)(H,45,48)/t37-,40+,41+,43?/m0/s1. The maximum absolute atomic E-state index is 13.6. The number of carbonyl (C=O) groups is 2. The van der Waals surface area contributed by atoms with Gasteiger partial charge in [0, 0.05) is 41.8 Å². The van der Waals surface area contributed by atoms with Crippen molar-refractivity contribution in [3.8, 4) is 0 Å². The van der Waals surface area contributed by atoms with Gasteiger partial charge in [-0.05, 0) is 72.0 Å². The Kier molecular flexibility index (Phi) is 13.5. The Hall–Kier alpha value is -4.82. The van der Waals surface area contributed by atoms with Crippen LogP contribution in [0.15, 0.2) is 137 Å². The average Bonchev–Trinajstić information content (AvgIpc) is 3.20. The van der Waals surface area contributed by atoms with Crippen molar-refractivity contribution in [2.45, 2.75) is 74.2 Å². The molecule has 1 heterocycles. The number of hydrogen-bond acceptors (Lipinski definition) is 8. The highest BCUT2D eigenvalue weighted by Gasteiger charge is 2.32. The zero-order valence-electron chi connectivity index (χ0n) is 30.7. The van der Waals surface area contributed by atoms with Gasteiger partial charge in [0.05, 0.1) is 23.7 Å². The van der Waals surface area contributed by atoms with Crippen molar-refractivity contribution in [3.63, 3.8) is 0 Å². The van der Waals surface area contributed by atoms with Gasteiger partial charge in [0.1, 0.15) is 6.04 Å². The molecule has 2 amide bonds. The molecule has 1 fully saturated rings. The number of amides is 2. The molecule has 286 valence electrons. The molecule has 1 unspecified atom stereocenters. The molecule has 12 heteroatoms. The minimum Gasteiger partial charge on any atom is -0.392 e. The first-order chi connectivity index (χ1) is 26.5. The van der Waals surface area contributed by atoms with Crippen molar-refractivity contribution in [2.75, 3.05) is 11.1 Å². The third-order valence-electron chi connectivity index (χ3n) is 9.17. The van der Waals surface area contributed by atoms with E-state index in [-0.39, 0.29) is 42.6 Å². The topological polar surface area (TPSA) is 143 Å². The zero-order valence-corrected chi connectivity index (χ0v) is 32.3. The van der Waals surface area contributed by atoms with Gasteiger partial charge < -0.3 is 25.2 Å². The van der Waals surface area contributed by atoms with Crippen LogP contribution in [0.3, 0.4) is 0 Å². The molecule has 4 atom stereocenters. The van der Waals surface area contributed by atoms with Gasteiger partial charge >= 0.3 is 0 Å². The molecule has 55 heavy (non-hydrogen) atoms. The van der Waals surface area contributed by atoms with E-state index in [9.17, 15) is 23.1 Å². The van der Waals surface area contributed by atoms with E-state index in [1.807, 2.05) is 110 Å². The monoisotopic (exact) mass is 779 g/mol. The molecule has 0 saturated carbocycles. The number of thioether (sulfide) groups is 1. The zero-order chi connectivity index (χ0) is 38.8. The highest BCUT2D eigenvalue weighted by molar-refractivity contribution is 7.99. The van der Waals surface area contributed by atoms with Crippen molar-refractivity contribution in [3.05, 3.63) is 161 Å². The van der Waals surface area contributed by atoms with Crippen molar-refractivity contribution in [1.82, 2.24) is 10.0 Å². The van der Waals surface area contributed by atoms with Crippen LogP contribution in [0.1, 0.15) is 59.1 Å². The van der Waals surface area contributed by atoms with Crippen LogP contribution in [0.4, 0.5) is 5.69 Å². The van der Waals surface area contributed by atoms with Crippen LogP contribution in [-0.2, 0) is 48.7 Å². The number of aliphatic hydroxyl groups is 1. The summed E-state index contributed by atoms with van der Waals surface area (Å²) < 4.78 is 42.2. The molecule has 5 aromatic carbocycles. The molecule has 5 aromatic rings. The molecule has 0 spiro atoms. The summed E-state index contributed by atoms with van der Waals surface area (Å²) in [6, 6.07) is 37.8. The Bertz CT molecular complexity index is 2130. The summed E-state index contributed by atoms with van der Waals surface area (Å²) in [5.41, 5.74) is 5.93. The highest BCUT2D eigenvalue weighted by Crippen LogP contribution is 2.39. The predicted octanol–water partition coefficient (Wildman–Crippen LogP) is 6.99. The summed E-state index contributed by atoms with van der Waals surface area (Å²) >= 11 is 1.66. The minimum absolute atomic E-state index is 0.0406. The largest absolute Gasteiger partial charge is 0.392 e.